The molecule has 0 saturated carbocycles. The van der Waals surface area contributed by atoms with E-state index in [-0.39, 0.29) is 17.5 Å². The molecule has 0 atom stereocenters. The molecule has 7 heteroatoms. The third kappa shape index (κ3) is 4.69. The Morgan fingerprint density at radius 3 is 2.28 bits per heavy atom. The van der Waals surface area contributed by atoms with Crippen LogP contribution in [0, 0.1) is 0 Å². The molecule has 25 heavy (non-hydrogen) atoms. The van der Waals surface area contributed by atoms with E-state index in [1.54, 1.807) is 18.2 Å². The zero-order valence-corrected chi connectivity index (χ0v) is 14.6. The van der Waals surface area contributed by atoms with Gasteiger partial charge in [0, 0.05) is 24.5 Å². The molecule has 0 radical (unpaired) electrons. The first-order chi connectivity index (χ1) is 11.9. The van der Waals surface area contributed by atoms with Crippen LogP contribution in [0.25, 0.3) is 0 Å². The Hall–Kier alpha value is -3.09. The van der Waals surface area contributed by atoms with E-state index >= 15 is 0 Å². The lowest BCUT2D eigenvalue weighted by Gasteiger charge is -2.12. The summed E-state index contributed by atoms with van der Waals surface area (Å²) in [5.41, 5.74) is 1.05. The molecule has 0 aliphatic carbocycles. The fourth-order valence-corrected chi connectivity index (χ4v) is 2.14. The van der Waals surface area contributed by atoms with Gasteiger partial charge in [-0.05, 0) is 32.0 Å². The van der Waals surface area contributed by atoms with Gasteiger partial charge in [0.2, 0.25) is 0 Å². The fourth-order valence-electron chi connectivity index (χ4n) is 2.14. The fraction of sp³-hybridized carbons (Fsp3) is 0.278. The van der Waals surface area contributed by atoms with Gasteiger partial charge in [0.15, 0.2) is 0 Å². The number of rotatable bonds is 6. The molecule has 0 unspecified atom stereocenters. The summed E-state index contributed by atoms with van der Waals surface area (Å²) in [4.78, 5) is 28.5. The van der Waals surface area contributed by atoms with E-state index < -0.39 is 5.91 Å². The summed E-state index contributed by atoms with van der Waals surface area (Å²) in [6.07, 6.45) is 2.81. The number of carbonyl (C=O) groups is 2. The molecule has 2 rings (SSSR count). The molecule has 1 heterocycles. The summed E-state index contributed by atoms with van der Waals surface area (Å²) >= 11 is 0. The van der Waals surface area contributed by atoms with E-state index in [0.29, 0.717) is 22.7 Å². The highest BCUT2D eigenvalue weighted by atomic mass is 16.5. The topological polar surface area (TPSA) is 89.6 Å². The largest absolute Gasteiger partial charge is 0.497 e. The maximum absolute atomic E-state index is 12.5. The number of hydrogen-bond acceptors (Lipinski definition) is 5. The van der Waals surface area contributed by atoms with Crippen molar-refractivity contribution in [1.29, 1.82) is 0 Å². The minimum atomic E-state index is -0.404. The first-order valence-electron chi connectivity index (χ1n) is 7.74. The molecule has 132 valence electrons. The maximum atomic E-state index is 12.5. The molecule has 0 saturated heterocycles. The average molecular weight is 343 g/mol. The zero-order chi connectivity index (χ0) is 18.4. The van der Waals surface area contributed by atoms with Crippen molar-refractivity contribution in [3.8, 4) is 11.5 Å². The van der Waals surface area contributed by atoms with Crippen LogP contribution in [0.15, 0.2) is 36.7 Å². The van der Waals surface area contributed by atoms with E-state index in [0.717, 1.165) is 0 Å². The second kappa shape index (κ2) is 8.14. The Balaban J connectivity index is 2.23. The van der Waals surface area contributed by atoms with E-state index in [9.17, 15) is 9.59 Å². The van der Waals surface area contributed by atoms with Gasteiger partial charge in [-0.3, -0.25) is 14.6 Å². The van der Waals surface area contributed by atoms with Crippen molar-refractivity contribution in [3.63, 3.8) is 0 Å². The predicted octanol–water partition coefficient (Wildman–Crippen LogP) is 2.49. The molecule has 0 fully saturated rings. The predicted molar refractivity (Wildman–Crippen MR) is 94.3 cm³/mol. The van der Waals surface area contributed by atoms with Crippen molar-refractivity contribution in [2.24, 2.45) is 0 Å². The summed E-state index contributed by atoms with van der Waals surface area (Å²) < 4.78 is 10.4. The number of hydrogen-bond donors (Lipinski definition) is 2. The molecule has 2 aromatic rings. The number of nitrogens with one attached hydrogen (secondary N) is 2. The van der Waals surface area contributed by atoms with Gasteiger partial charge < -0.3 is 20.1 Å². The monoisotopic (exact) mass is 343 g/mol. The van der Waals surface area contributed by atoms with Crippen molar-refractivity contribution in [2.75, 3.05) is 19.5 Å². The second-order valence-electron chi connectivity index (χ2n) is 5.61. The summed E-state index contributed by atoms with van der Waals surface area (Å²) in [6.45, 7) is 3.72. The highest BCUT2D eigenvalue weighted by Crippen LogP contribution is 2.29. The Labute approximate surface area is 146 Å². The van der Waals surface area contributed by atoms with Crippen LogP contribution in [0.1, 0.15) is 34.6 Å². The van der Waals surface area contributed by atoms with E-state index in [4.69, 9.17) is 9.47 Å². The first kappa shape index (κ1) is 18.3. The number of pyridine rings is 1. The van der Waals surface area contributed by atoms with Crippen molar-refractivity contribution in [2.45, 2.75) is 19.9 Å². The van der Waals surface area contributed by atoms with Crippen molar-refractivity contribution >= 4 is 17.5 Å². The van der Waals surface area contributed by atoms with Gasteiger partial charge in [0.05, 0.1) is 31.0 Å². The van der Waals surface area contributed by atoms with E-state index in [2.05, 4.69) is 15.6 Å². The van der Waals surface area contributed by atoms with Crippen LogP contribution in [0.5, 0.6) is 11.5 Å². The van der Waals surface area contributed by atoms with E-state index in [1.807, 2.05) is 13.8 Å². The van der Waals surface area contributed by atoms with Crippen LogP contribution < -0.4 is 20.1 Å². The first-order valence-corrected chi connectivity index (χ1v) is 7.74. The number of carbonyl (C=O) groups excluding carboxylic acids is 2. The SMILES string of the molecule is COc1ccc(OC)c(NC(=O)c2cncc(C(=O)NC(C)C)c2)c1. The van der Waals surface area contributed by atoms with Crippen LogP contribution >= 0.6 is 0 Å². The van der Waals surface area contributed by atoms with Crippen LogP contribution in [-0.4, -0.2) is 37.1 Å². The smallest absolute Gasteiger partial charge is 0.257 e. The van der Waals surface area contributed by atoms with Crippen molar-refractivity contribution in [3.05, 3.63) is 47.8 Å². The van der Waals surface area contributed by atoms with Gasteiger partial charge in [-0.2, -0.15) is 0 Å². The highest BCUT2D eigenvalue weighted by molar-refractivity contribution is 6.06. The Morgan fingerprint density at radius 2 is 1.68 bits per heavy atom. The van der Waals surface area contributed by atoms with E-state index in [1.165, 1.54) is 32.7 Å². The lowest BCUT2D eigenvalue weighted by Crippen LogP contribution is -2.30. The summed E-state index contributed by atoms with van der Waals surface area (Å²) in [6, 6.07) is 6.56. The third-order valence-corrected chi connectivity index (χ3v) is 3.34. The maximum Gasteiger partial charge on any atom is 0.257 e. The molecule has 0 aliphatic heterocycles. The number of aromatic nitrogens is 1. The molecular weight excluding hydrogens is 322 g/mol. The van der Waals surface area contributed by atoms with Gasteiger partial charge in [-0.25, -0.2) is 0 Å². The summed E-state index contributed by atoms with van der Waals surface area (Å²) in [5, 5.41) is 5.50. The number of benzene rings is 1. The standard InChI is InChI=1S/C18H21N3O4/c1-11(2)20-17(22)12-7-13(10-19-9-12)18(23)21-15-8-14(24-3)5-6-16(15)25-4/h5-11H,1-4H3,(H,20,22)(H,21,23). The minimum absolute atomic E-state index is 0.00831. The summed E-state index contributed by atoms with van der Waals surface area (Å²) in [7, 11) is 3.05. The Bertz CT molecular complexity index is 775. The molecule has 0 aliphatic rings. The van der Waals surface area contributed by atoms with Gasteiger partial charge in [0.1, 0.15) is 11.5 Å². The van der Waals surface area contributed by atoms with Crippen LogP contribution in [0.2, 0.25) is 0 Å². The molecule has 0 bridgehead atoms. The zero-order valence-electron chi connectivity index (χ0n) is 14.6. The number of nitrogens with zero attached hydrogens (tertiary/aromatic N) is 1. The second-order valence-corrected chi connectivity index (χ2v) is 5.61. The van der Waals surface area contributed by atoms with Crippen LogP contribution in [0.4, 0.5) is 5.69 Å². The summed E-state index contributed by atoms with van der Waals surface area (Å²) in [5.74, 6) is 0.393. The third-order valence-electron chi connectivity index (χ3n) is 3.34. The average Bonchev–Trinajstić information content (AvgIpc) is 2.61. The van der Waals surface area contributed by atoms with Gasteiger partial charge in [0.25, 0.3) is 11.8 Å². The number of methoxy groups -OCH3 is 2. The minimum Gasteiger partial charge on any atom is -0.497 e. The Morgan fingerprint density at radius 1 is 1.00 bits per heavy atom. The molecule has 2 amide bonds. The molecule has 1 aromatic heterocycles. The highest BCUT2D eigenvalue weighted by Gasteiger charge is 2.14. The molecular formula is C18H21N3O4. The molecule has 0 spiro atoms. The number of anilines is 1. The van der Waals surface area contributed by atoms with Crippen LogP contribution in [-0.2, 0) is 0 Å². The normalized spacial score (nSPS) is 10.3. The lowest BCUT2D eigenvalue weighted by molar-refractivity contribution is 0.0942. The molecule has 2 N–H and O–H groups in total. The Kier molecular flexibility index (Phi) is 5.94. The van der Waals surface area contributed by atoms with Crippen LogP contribution in [0.3, 0.4) is 0 Å². The lowest BCUT2D eigenvalue weighted by atomic mass is 10.1. The van der Waals surface area contributed by atoms with Gasteiger partial charge in [-0.15, -0.1) is 0 Å². The van der Waals surface area contributed by atoms with Gasteiger partial charge >= 0.3 is 0 Å². The quantitative estimate of drug-likeness (QED) is 0.841. The van der Waals surface area contributed by atoms with Crippen molar-refractivity contribution < 1.29 is 19.1 Å². The molecule has 7 nitrogen and oxygen atoms in total. The molecule has 1 aromatic carbocycles. The van der Waals surface area contributed by atoms with Crippen molar-refractivity contribution in [1.82, 2.24) is 10.3 Å². The number of amides is 2. The number of ether oxygens (including phenoxy) is 2. The van der Waals surface area contributed by atoms with Gasteiger partial charge in [-0.1, -0.05) is 0 Å².